The number of anilines is 1. The molecule has 0 aromatic carbocycles. The zero-order chi connectivity index (χ0) is 18.9. The first kappa shape index (κ1) is 19.9. The summed E-state index contributed by atoms with van der Waals surface area (Å²) in [6.07, 6.45) is 8.52. The molecule has 3 rings (SSSR count). The van der Waals surface area contributed by atoms with E-state index in [1.54, 1.807) is 0 Å². The van der Waals surface area contributed by atoms with Crippen molar-refractivity contribution in [2.45, 2.75) is 58.5 Å². The Hall–Kier alpha value is -1.82. The zero-order valence-corrected chi connectivity index (χ0v) is 17.1. The summed E-state index contributed by atoms with van der Waals surface area (Å²) in [4.78, 5) is 14.3. The van der Waals surface area contributed by atoms with Gasteiger partial charge in [-0.15, -0.1) is 0 Å². The van der Waals surface area contributed by atoms with Crippen molar-refractivity contribution in [1.82, 2.24) is 20.5 Å². The Labute approximate surface area is 164 Å². The van der Waals surface area contributed by atoms with Crippen LogP contribution in [0, 0.1) is 0 Å². The van der Waals surface area contributed by atoms with E-state index in [-0.39, 0.29) is 0 Å². The van der Waals surface area contributed by atoms with Gasteiger partial charge in [0.25, 0.3) is 0 Å². The maximum Gasteiger partial charge on any atom is 0.191 e. The fourth-order valence-electron chi connectivity index (χ4n) is 3.92. The van der Waals surface area contributed by atoms with E-state index in [0.29, 0.717) is 12.6 Å². The standard InChI is InChI=1S/C21H36N6/c1-3-22-21(25-19-8-6-5-7-9-19)24-17-18-10-11-20(23-16-18)27-14-12-26(4-2)13-15-27/h10-11,16,19H,3-9,12-15,17H2,1-2H3,(H2,22,24,25). The number of rotatable bonds is 6. The molecule has 1 saturated heterocycles. The molecule has 1 aliphatic heterocycles. The molecule has 0 atom stereocenters. The third-order valence-electron chi connectivity index (χ3n) is 5.66. The first-order chi connectivity index (χ1) is 13.3. The summed E-state index contributed by atoms with van der Waals surface area (Å²) in [6.45, 7) is 11.4. The zero-order valence-electron chi connectivity index (χ0n) is 17.1. The normalized spacial score (nSPS) is 19.9. The van der Waals surface area contributed by atoms with Crippen LogP contribution in [0.2, 0.25) is 0 Å². The molecule has 1 saturated carbocycles. The van der Waals surface area contributed by atoms with Gasteiger partial charge in [0.15, 0.2) is 5.96 Å². The summed E-state index contributed by atoms with van der Waals surface area (Å²) in [6, 6.07) is 4.88. The Balaban J connectivity index is 1.53. The number of aromatic nitrogens is 1. The SMILES string of the molecule is CCNC(=NCc1ccc(N2CCN(CC)CC2)nc1)NC1CCCCC1. The summed E-state index contributed by atoms with van der Waals surface area (Å²) in [7, 11) is 0. The van der Waals surface area contributed by atoms with E-state index in [2.05, 4.69) is 46.4 Å². The molecule has 2 heterocycles. The van der Waals surface area contributed by atoms with Crippen molar-refractivity contribution < 1.29 is 0 Å². The van der Waals surface area contributed by atoms with Gasteiger partial charge in [-0.1, -0.05) is 32.3 Å². The van der Waals surface area contributed by atoms with Crippen molar-refractivity contribution in [2.75, 3.05) is 44.2 Å². The van der Waals surface area contributed by atoms with Crippen LogP contribution in [0.3, 0.4) is 0 Å². The second-order valence-electron chi connectivity index (χ2n) is 7.62. The number of likely N-dealkylation sites (N-methyl/N-ethyl adjacent to an activating group) is 1. The van der Waals surface area contributed by atoms with Crippen LogP contribution in [0.5, 0.6) is 0 Å². The third kappa shape index (κ3) is 6.09. The van der Waals surface area contributed by atoms with Crippen LogP contribution in [0.4, 0.5) is 5.82 Å². The first-order valence-electron chi connectivity index (χ1n) is 10.8. The summed E-state index contributed by atoms with van der Waals surface area (Å²) in [5.74, 6) is 2.02. The number of nitrogens with zero attached hydrogens (tertiary/aromatic N) is 4. The molecule has 1 aromatic rings. The molecule has 1 aliphatic carbocycles. The molecule has 2 aliphatic rings. The summed E-state index contributed by atoms with van der Waals surface area (Å²) in [5, 5.41) is 6.98. The van der Waals surface area contributed by atoms with E-state index in [9.17, 15) is 0 Å². The lowest BCUT2D eigenvalue weighted by Gasteiger charge is -2.34. The quantitative estimate of drug-likeness (QED) is 0.594. The number of aliphatic imine (C=N–C) groups is 1. The van der Waals surface area contributed by atoms with Crippen molar-refractivity contribution in [3.63, 3.8) is 0 Å². The molecule has 27 heavy (non-hydrogen) atoms. The molecule has 2 fully saturated rings. The maximum absolute atomic E-state index is 4.78. The van der Waals surface area contributed by atoms with E-state index in [1.807, 2.05) is 6.20 Å². The molecule has 1 aromatic heterocycles. The van der Waals surface area contributed by atoms with Crippen LogP contribution in [-0.4, -0.2) is 61.2 Å². The minimum atomic E-state index is 0.568. The van der Waals surface area contributed by atoms with E-state index < -0.39 is 0 Å². The average Bonchev–Trinajstić information content (AvgIpc) is 2.73. The van der Waals surface area contributed by atoms with Gasteiger partial charge in [0.05, 0.1) is 6.54 Å². The minimum Gasteiger partial charge on any atom is -0.357 e. The van der Waals surface area contributed by atoms with Crippen LogP contribution >= 0.6 is 0 Å². The summed E-state index contributed by atoms with van der Waals surface area (Å²) >= 11 is 0. The first-order valence-corrected chi connectivity index (χ1v) is 10.8. The number of hydrogen-bond donors (Lipinski definition) is 2. The van der Waals surface area contributed by atoms with Gasteiger partial charge in [0.1, 0.15) is 5.82 Å². The van der Waals surface area contributed by atoms with Crippen molar-refractivity contribution in [3.8, 4) is 0 Å². The van der Waals surface area contributed by atoms with Crippen molar-refractivity contribution in [1.29, 1.82) is 0 Å². The molecule has 0 spiro atoms. The van der Waals surface area contributed by atoms with Gasteiger partial charge in [-0.25, -0.2) is 9.98 Å². The lowest BCUT2D eigenvalue weighted by molar-refractivity contribution is 0.270. The van der Waals surface area contributed by atoms with Crippen LogP contribution in [-0.2, 0) is 6.54 Å². The van der Waals surface area contributed by atoms with Gasteiger partial charge in [0.2, 0.25) is 0 Å². The molecule has 0 unspecified atom stereocenters. The monoisotopic (exact) mass is 372 g/mol. The smallest absolute Gasteiger partial charge is 0.191 e. The van der Waals surface area contributed by atoms with E-state index in [1.165, 1.54) is 32.1 Å². The number of piperazine rings is 1. The van der Waals surface area contributed by atoms with E-state index in [4.69, 9.17) is 9.98 Å². The van der Waals surface area contributed by atoms with Gasteiger partial charge < -0.3 is 20.4 Å². The van der Waals surface area contributed by atoms with Crippen LogP contribution in [0.25, 0.3) is 0 Å². The Kier molecular flexibility index (Phi) is 7.75. The van der Waals surface area contributed by atoms with Gasteiger partial charge in [0, 0.05) is 45.0 Å². The number of pyridine rings is 1. The number of hydrogen-bond acceptors (Lipinski definition) is 4. The molecule has 0 bridgehead atoms. The second-order valence-corrected chi connectivity index (χ2v) is 7.62. The summed E-state index contributed by atoms with van der Waals surface area (Å²) in [5.41, 5.74) is 1.16. The van der Waals surface area contributed by atoms with Crippen LogP contribution in [0.1, 0.15) is 51.5 Å². The topological polar surface area (TPSA) is 55.8 Å². The van der Waals surface area contributed by atoms with Gasteiger partial charge in [-0.05, 0) is 37.9 Å². The average molecular weight is 373 g/mol. The van der Waals surface area contributed by atoms with E-state index >= 15 is 0 Å². The highest BCUT2D eigenvalue weighted by molar-refractivity contribution is 5.80. The molecule has 2 N–H and O–H groups in total. The highest BCUT2D eigenvalue weighted by Gasteiger charge is 2.17. The Morgan fingerprint density at radius 1 is 1.11 bits per heavy atom. The molecule has 0 radical (unpaired) electrons. The molecular formula is C21H36N6. The largest absolute Gasteiger partial charge is 0.357 e. The van der Waals surface area contributed by atoms with Crippen LogP contribution in [0.15, 0.2) is 23.3 Å². The van der Waals surface area contributed by atoms with E-state index in [0.717, 1.165) is 56.6 Å². The highest BCUT2D eigenvalue weighted by Crippen LogP contribution is 2.17. The molecule has 0 amide bonds. The molecule has 150 valence electrons. The lowest BCUT2D eigenvalue weighted by atomic mass is 9.96. The predicted octanol–water partition coefficient (Wildman–Crippen LogP) is 2.61. The number of nitrogens with one attached hydrogen (secondary N) is 2. The van der Waals surface area contributed by atoms with Crippen LogP contribution < -0.4 is 15.5 Å². The second kappa shape index (κ2) is 10.5. The van der Waals surface area contributed by atoms with Gasteiger partial charge in [-0.3, -0.25) is 0 Å². The summed E-state index contributed by atoms with van der Waals surface area (Å²) < 4.78 is 0. The highest BCUT2D eigenvalue weighted by atomic mass is 15.3. The fraction of sp³-hybridized carbons (Fsp3) is 0.714. The fourth-order valence-corrected chi connectivity index (χ4v) is 3.92. The van der Waals surface area contributed by atoms with Gasteiger partial charge >= 0.3 is 0 Å². The number of guanidine groups is 1. The lowest BCUT2D eigenvalue weighted by Crippen LogP contribution is -2.46. The molecule has 6 heteroatoms. The van der Waals surface area contributed by atoms with Crippen molar-refractivity contribution >= 4 is 11.8 Å². The maximum atomic E-state index is 4.78. The van der Waals surface area contributed by atoms with Crippen molar-refractivity contribution in [2.24, 2.45) is 4.99 Å². The third-order valence-corrected chi connectivity index (χ3v) is 5.66. The Morgan fingerprint density at radius 3 is 2.52 bits per heavy atom. The molecular weight excluding hydrogens is 336 g/mol. The Morgan fingerprint density at radius 2 is 1.89 bits per heavy atom. The predicted molar refractivity (Wildman–Crippen MR) is 113 cm³/mol. The van der Waals surface area contributed by atoms with Gasteiger partial charge in [-0.2, -0.15) is 0 Å². The Bertz CT molecular complexity index is 571. The van der Waals surface area contributed by atoms with Crippen molar-refractivity contribution in [3.05, 3.63) is 23.9 Å². The molecule has 6 nitrogen and oxygen atoms in total. The minimum absolute atomic E-state index is 0.568.